The van der Waals surface area contributed by atoms with Crippen molar-refractivity contribution in [1.29, 1.82) is 0 Å². The maximum atomic E-state index is 11.9. The van der Waals surface area contributed by atoms with E-state index < -0.39 is 15.9 Å². The zero-order valence-electron chi connectivity index (χ0n) is 11.8. The molecule has 6 nitrogen and oxygen atoms in total. The molecule has 0 bridgehead atoms. The Kier molecular flexibility index (Phi) is 7.66. The number of rotatable bonds is 4. The molecule has 0 spiro atoms. The summed E-state index contributed by atoms with van der Waals surface area (Å²) in [5.74, 6) is -0.976. The van der Waals surface area contributed by atoms with Crippen molar-refractivity contribution >= 4 is 45.2 Å². The van der Waals surface area contributed by atoms with Gasteiger partial charge in [-0.05, 0) is 18.2 Å². The first-order chi connectivity index (χ1) is 10.4. The smallest absolute Gasteiger partial charge is 0.858 e. The largest absolute Gasteiger partial charge is 1.00 e. The summed E-state index contributed by atoms with van der Waals surface area (Å²) >= 11 is 11.5. The van der Waals surface area contributed by atoms with Crippen molar-refractivity contribution in [2.75, 3.05) is 0 Å². The fourth-order valence-electron chi connectivity index (χ4n) is 1.42. The standard InChI is InChI=1S/C13H9Cl2N3O3S.Na/c14-10-1-2-11(12(15)5-10)13(19)18-22(20,21)4-3-9-6-16-8-17-7-9;/h1-8H,(H,18,19);/q;+1/p-1/b4-3+;. The summed E-state index contributed by atoms with van der Waals surface area (Å²) in [5, 5.41) is 13.0. The third-order valence-corrected chi connectivity index (χ3v) is 3.83. The Bertz CT molecular complexity index is 843. The molecule has 114 valence electrons. The minimum Gasteiger partial charge on any atom is -0.858 e. The summed E-state index contributed by atoms with van der Waals surface area (Å²) in [6, 6.07) is 4.05. The Balaban J connectivity index is 0.00000264. The van der Waals surface area contributed by atoms with E-state index in [-0.39, 0.29) is 40.1 Å². The molecule has 0 saturated carbocycles. The molecule has 0 unspecified atom stereocenters. The number of aromatic nitrogens is 2. The van der Waals surface area contributed by atoms with Gasteiger partial charge in [-0.1, -0.05) is 29.3 Å². The van der Waals surface area contributed by atoms with Crippen LogP contribution in [0.3, 0.4) is 0 Å². The number of nitrogens with zero attached hydrogens (tertiary/aromatic N) is 3. The second kappa shape index (κ2) is 8.77. The first-order valence-electron chi connectivity index (χ1n) is 5.78. The molecule has 2 aromatic rings. The molecular weight excluding hydrogens is 372 g/mol. The molecule has 0 aliphatic carbocycles. The van der Waals surface area contributed by atoms with Crippen LogP contribution >= 0.6 is 23.2 Å². The van der Waals surface area contributed by atoms with Gasteiger partial charge in [0.15, 0.2) is 0 Å². The summed E-state index contributed by atoms with van der Waals surface area (Å²) in [5.41, 5.74) is 0.407. The summed E-state index contributed by atoms with van der Waals surface area (Å²) < 4.78 is 26.7. The van der Waals surface area contributed by atoms with Gasteiger partial charge in [0.1, 0.15) is 6.33 Å². The molecule has 0 aliphatic rings. The average molecular weight is 380 g/mol. The summed E-state index contributed by atoms with van der Waals surface area (Å²) in [4.78, 5) is 7.46. The van der Waals surface area contributed by atoms with Gasteiger partial charge in [-0.2, -0.15) is 12.8 Å². The first-order valence-corrected chi connectivity index (χ1v) is 8.04. The van der Waals surface area contributed by atoms with Gasteiger partial charge in [-0.25, -0.2) is 9.97 Å². The van der Waals surface area contributed by atoms with E-state index in [9.17, 15) is 13.5 Å². The van der Waals surface area contributed by atoms with Gasteiger partial charge < -0.3 is 5.11 Å². The van der Waals surface area contributed by atoms with Crippen molar-refractivity contribution in [2.24, 2.45) is 4.40 Å². The van der Waals surface area contributed by atoms with E-state index in [2.05, 4.69) is 14.4 Å². The average Bonchev–Trinajstić information content (AvgIpc) is 2.45. The molecular formula is C13H8Cl2N3NaO3S. The topological polar surface area (TPSA) is 95.3 Å². The Labute approximate surface area is 165 Å². The van der Waals surface area contributed by atoms with Crippen LogP contribution in [0, 0.1) is 0 Å². The molecule has 0 radical (unpaired) electrons. The van der Waals surface area contributed by atoms with E-state index in [0.29, 0.717) is 10.6 Å². The van der Waals surface area contributed by atoms with Crippen molar-refractivity contribution < 1.29 is 43.1 Å². The molecule has 0 fully saturated rings. The minimum atomic E-state index is -4.11. The normalized spacial score (nSPS) is 12.2. The van der Waals surface area contributed by atoms with E-state index >= 15 is 0 Å². The van der Waals surface area contributed by atoms with E-state index in [0.717, 1.165) is 5.41 Å². The van der Waals surface area contributed by atoms with Crippen LogP contribution in [0.2, 0.25) is 10.0 Å². The Morgan fingerprint density at radius 1 is 1.22 bits per heavy atom. The maximum absolute atomic E-state index is 11.9. The molecule has 1 aromatic carbocycles. The molecule has 0 atom stereocenters. The molecule has 0 saturated heterocycles. The molecule has 23 heavy (non-hydrogen) atoms. The number of sulfonamides is 1. The SMILES string of the molecule is O=S(=O)(/C=C/c1cncnc1)/N=C(\[O-])c1ccc(Cl)cc1Cl.[Na+]. The van der Waals surface area contributed by atoms with Gasteiger partial charge in [0, 0.05) is 34.4 Å². The van der Waals surface area contributed by atoms with Crippen LogP contribution in [-0.2, 0) is 10.0 Å². The predicted octanol–water partition coefficient (Wildman–Crippen LogP) is -1.11. The van der Waals surface area contributed by atoms with Crippen molar-refractivity contribution in [3.05, 3.63) is 63.5 Å². The fourth-order valence-corrected chi connectivity index (χ4v) is 2.63. The van der Waals surface area contributed by atoms with Crippen molar-refractivity contribution in [2.45, 2.75) is 0 Å². The molecule has 0 aliphatic heterocycles. The van der Waals surface area contributed by atoms with Crippen molar-refractivity contribution in [3.63, 3.8) is 0 Å². The second-order valence-corrected chi connectivity index (χ2v) is 6.34. The maximum Gasteiger partial charge on any atom is 1.00 e. The van der Waals surface area contributed by atoms with E-state index in [1.54, 1.807) is 0 Å². The van der Waals surface area contributed by atoms with Gasteiger partial charge >= 0.3 is 29.6 Å². The number of hydrogen-bond donors (Lipinski definition) is 0. The van der Waals surface area contributed by atoms with Crippen LogP contribution in [0.15, 0.2) is 46.7 Å². The van der Waals surface area contributed by atoms with Gasteiger partial charge in [0.25, 0.3) is 10.0 Å². The van der Waals surface area contributed by atoms with Crippen LogP contribution in [0.5, 0.6) is 0 Å². The minimum absolute atomic E-state index is 0. The van der Waals surface area contributed by atoms with Gasteiger partial charge in [-0.15, -0.1) is 0 Å². The fraction of sp³-hybridized carbons (Fsp3) is 0. The Hall–Kier alpha value is -0.960. The second-order valence-electron chi connectivity index (χ2n) is 4.01. The summed E-state index contributed by atoms with van der Waals surface area (Å²) in [7, 11) is -4.11. The third-order valence-electron chi connectivity index (χ3n) is 2.38. The molecule has 2 rings (SSSR count). The van der Waals surface area contributed by atoms with Crippen LogP contribution < -0.4 is 34.7 Å². The Morgan fingerprint density at radius 3 is 2.48 bits per heavy atom. The number of benzene rings is 1. The van der Waals surface area contributed by atoms with E-state index in [4.69, 9.17) is 23.2 Å². The quantitative estimate of drug-likeness (QED) is 0.381. The Morgan fingerprint density at radius 2 is 1.87 bits per heavy atom. The van der Waals surface area contributed by atoms with Gasteiger partial charge in [0.05, 0.1) is 10.4 Å². The zero-order chi connectivity index (χ0) is 16.2. The zero-order valence-corrected chi connectivity index (χ0v) is 16.2. The van der Waals surface area contributed by atoms with Crippen molar-refractivity contribution in [3.8, 4) is 0 Å². The number of halogens is 2. The van der Waals surface area contributed by atoms with Crippen molar-refractivity contribution in [1.82, 2.24) is 9.97 Å². The molecule has 1 aromatic heterocycles. The van der Waals surface area contributed by atoms with E-state index in [1.165, 1.54) is 43.0 Å². The molecule has 10 heteroatoms. The molecule has 0 amide bonds. The predicted molar refractivity (Wildman–Crippen MR) is 83.0 cm³/mol. The van der Waals surface area contributed by atoms with Crippen LogP contribution in [0.1, 0.15) is 11.1 Å². The van der Waals surface area contributed by atoms with Gasteiger partial charge in [-0.3, -0.25) is 0 Å². The third kappa shape index (κ3) is 6.21. The molecule has 1 heterocycles. The number of hydrogen-bond acceptors (Lipinski definition) is 5. The molecule has 0 N–H and O–H groups in total. The van der Waals surface area contributed by atoms with Crippen LogP contribution in [0.25, 0.3) is 6.08 Å². The summed E-state index contributed by atoms with van der Waals surface area (Å²) in [6.45, 7) is 0. The summed E-state index contributed by atoms with van der Waals surface area (Å²) in [6.07, 6.45) is 5.37. The van der Waals surface area contributed by atoms with E-state index in [1.807, 2.05) is 0 Å². The van der Waals surface area contributed by atoms with Crippen LogP contribution in [-0.4, -0.2) is 24.3 Å². The van der Waals surface area contributed by atoms with Crippen LogP contribution in [0.4, 0.5) is 0 Å². The first kappa shape index (κ1) is 20.1. The monoisotopic (exact) mass is 379 g/mol. The van der Waals surface area contributed by atoms with Gasteiger partial charge in [0.2, 0.25) is 0 Å².